The molecule has 0 bridgehead atoms. The van der Waals surface area contributed by atoms with Crippen molar-refractivity contribution < 1.29 is 17.9 Å². The first-order valence-corrected chi connectivity index (χ1v) is 9.60. The Labute approximate surface area is 137 Å². The van der Waals surface area contributed by atoms with Crippen molar-refractivity contribution >= 4 is 21.4 Å². The molecule has 1 N–H and O–H groups in total. The molecule has 1 saturated heterocycles. The van der Waals surface area contributed by atoms with Crippen LogP contribution in [0.15, 0.2) is 24.3 Å². The number of hydrogen-bond acceptors (Lipinski definition) is 5. The number of nitrogens with zero attached hydrogens (tertiary/aromatic N) is 1. The summed E-state index contributed by atoms with van der Waals surface area (Å²) < 4.78 is 28.4. The first-order valence-electron chi connectivity index (χ1n) is 7.77. The number of nitrogens with one attached hydrogen (secondary N) is 1. The first kappa shape index (κ1) is 17.6. The normalized spacial score (nSPS) is 20.7. The molecule has 6 nitrogen and oxygen atoms in total. The summed E-state index contributed by atoms with van der Waals surface area (Å²) in [5, 5.41) is 3.16. The van der Waals surface area contributed by atoms with Gasteiger partial charge in [0.05, 0.1) is 18.6 Å². The van der Waals surface area contributed by atoms with E-state index in [9.17, 15) is 13.2 Å². The van der Waals surface area contributed by atoms with Crippen LogP contribution in [0.1, 0.15) is 20.3 Å². The fourth-order valence-corrected chi connectivity index (χ4v) is 4.59. The van der Waals surface area contributed by atoms with Gasteiger partial charge in [0.1, 0.15) is 11.8 Å². The summed E-state index contributed by atoms with van der Waals surface area (Å²) in [6, 6.07) is 6.70. The molecule has 1 amide bonds. The van der Waals surface area contributed by atoms with Crippen LogP contribution in [0, 0.1) is 0 Å². The molecule has 1 heterocycles. The molecule has 2 atom stereocenters. The Morgan fingerprint density at radius 2 is 2.04 bits per heavy atom. The van der Waals surface area contributed by atoms with Gasteiger partial charge in [-0.3, -0.25) is 4.79 Å². The lowest BCUT2D eigenvalue weighted by Gasteiger charge is -2.30. The molecular formula is C16H24N2O4S. The standard InChI is InChI=1S/C16H24N2O4S/c1-4-18(14-9-10-23(20,21)11-14)16(19)12(2)17-13-5-7-15(22-3)8-6-13/h5-8,12,14,17H,4,9-11H2,1-3H3. The van der Waals surface area contributed by atoms with Gasteiger partial charge in [-0.25, -0.2) is 8.42 Å². The van der Waals surface area contributed by atoms with Gasteiger partial charge in [-0.15, -0.1) is 0 Å². The van der Waals surface area contributed by atoms with E-state index in [4.69, 9.17) is 4.74 Å². The Kier molecular flexibility index (Phi) is 5.51. The number of rotatable bonds is 6. The van der Waals surface area contributed by atoms with E-state index in [-0.39, 0.29) is 23.5 Å². The van der Waals surface area contributed by atoms with Crippen molar-refractivity contribution in [1.82, 2.24) is 4.90 Å². The van der Waals surface area contributed by atoms with E-state index in [1.807, 2.05) is 31.2 Å². The molecule has 1 aromatic carbocycles. The fraction of sp³-hybridized carbons (Fsp3) is 0.562. The zero-order valence-corrected chi connectivity index (χ0v) is 14.6. The summed E-state index contributed by atoms with van der Waals surface area (Å²) in [6.07, 6.45) is 0.525. The Hall–Kier alpha value is -1.76. The minimum atomic E-state index is -3.00. The number of amides is 1. The van der Waals surface area contributed by atoms with E-state index in [0.717, 1.165) is 11.4 Å². The Bertz CT molecular complexity index is 643. The van der Waals surface area contributed by atoms with Crippen LogP contribution >= 0.6 is 0 Å². The number of sulfone groups is 1. The average molecular weight is 340 g/mol. The third-order valence-corrected chi connectivity index (χ3v) is 5.87. The molecule has 0 spiro atoms. The summed E-state index contributed by atoms with van der Waals surface area (Å²) in [5.41, 5.74) is 0.821. The maximum Gasteiger partial charge on any atom is 0.245 e. The SMILES string of the molecule is CCN(C(=O)C(C)Nc1ccc(OC)cc1)C1CCS(=O)(=O)C1. The maximum atomic E-state index is 12.6. The molecule has 1 fully saturated rings. The second-order valence-corrected chi connectivity index (χ2v) is 8.00. The number of likely N-dealkylation sites (N-methyl/N-ethyl adjacent to an activating group) is 1. The quantitative estimate of drug-likeness (QED) is 0.850. The summed E-state index contributed by atoms with van der Waals surface area (Å²) in [4.78, 5) is 14.3. The number of ether oxygens (including phenoxy) is 1. The molecule has 0 aromatic heterocycles. The van der Waals surface area contributed by atoms with Gasteiger partial charge in [-0.1, -0.05) is 0 Å². The summed E-state index contributed by atoms with van der Waals surface area (Å²) >= 11 is 0. The highest BCUT2D eigenvalue weighted by atomic mass is 32.2. The Morgan fingerprint density at radius 1 is 1.39 bits per heavy atom. The van der Waals surface area contributed by atoms with Gasteiger partial charge in [0.15, 0.2) is 9.84 Å². The molecule has 1 aliphatic heterocycles. The Morgan fingerprint density at radius 3 is 2.52 bits per heavy atom. The largest absolute Gasteiger partial charge is 0.497 e. The third-order valence-electron chi connectivity index (χ3n) is 4.12. The molecule has 2 unspecified atom stereocenters. The van der Waals surface area contributed by atoms with Crippen LogP contribution in [0.2, 0.25) is 0 Å². The van der Waals surface area contributed by atoms with E-state index in [1.54, 1.807) is 18.9 Å². The molecule has 0 radical (unpaired) electrons. The van der Waals surface area contributed by atoms with Crippen LogP contribution in [-0.2, 0) is 14.6 Å². The van der Waals surface area contributed by atoms with Crippen molar-refractivity contribution in [2.75, 3.05) is 30.5 Å². The zero-order valence-electron chi connectivity index (χ0n) is 13.8. The van der Waals surface area contributed by atoms with Gasteiger partial charge in [-0.05, 0) is 44.5 Å². The van der Waals surface area contributed by atoms with Crippen LogP contribution in [0.4, 0.5) is 5.69 Å². The molecule has 128 valence electrons. The molecule has 23 heavy (non-hydrogen) atoms. The van der Waals surface area contributed by atoms with E-state index in [0.29, 0.717) is 13.0 Å². The lowest BCUT2D eigenvalue weighted by molar-refractivity contribution is -0.133. The van der Waals surface area contributed by atoms with Crippen LogP contribution in [-0.4, -0.2) is 56.5 Å². The topological polar surface area (TPSA) is 75.7 Å². The van der Waals surface area contributed by atoms with E-state index < -0.39 is 15.9 Å². The smallest absolute Gasteiger partial charge is 0.245 e. The van der Waals surface area contributed by atoms with Gasteiger partial charge >= 0.3 is 0 Å². The van der Waals surface area contributed by atoms with Gasteiger partial charge in [0.2, 0.25) is 5.91 Å². The van der Waals surface area contributed by atoms with Crippen LogP contribution in [0.5, 0.6) is 5.75 Å². The van der Waals surface area contributed by atoms with E-state index >= 15 is 0 Å². The highest BCUT2D eigenvalue weighted by Gasteiger charge is 2.35. The number of carbonyl (C=O) groups excluding carboxylic acids is 1. The second kappa shape index (κ2) is 7.21. The molecule has 0 aliphatic carbocycles. The molecule has 1 aromatic rings. The fourth-order valence-electron chi connectivity index (χ4n) is 2.86. The number of hydrogen-bond donors (Lipinski definition) is 1. The Balaban J connectivity index is 2.01. The number of benzene rings is 1. The van der Waals surface area contributed by atoms with Crippen molar-refractivity contribution in [1.29, 1.82) is 0 Å². The minimum Gasteiger partial charge on any atom is -0.497 e. The maximum absolute atomic E-state index is 12.6. The average Bonchev–Trinajstić information content (AvgIpc) is 2.88. The summed E-state index contributed by atoms with van der Waals surface area (Å²) in [6.45, 7) is 4.18. The summed E-state index contributed by atoms with van der Waals surface area (Å²) in [7, 11) is -1.40. The predicted molar refractivity (Wildman–Crippen MR) is 90.5 cm³/mol. The lowest BCUT2D eigenvalue weighted by atomic mass is 10.1. The zero-order chi connectivity index (χ0) is 17.0. The third kappa shape index (κ3) is 4.37. The van der Waals surface area contributed by atoms with Crippen molar-refractivity contribution in [3.05, 3.63) is 24.3 Å². The van der Waals surface area contributed by atoms with E-state index in [2.05, 4.69) is 5.32 Å². The van der Waals surface area contributed by atoms with Gasteiger partial charge < -0.3 is 15.0 Å². The first-order chi connectivity index (χ1) is 10.9. The van der Waals surface area contributed by atoms with Gasteiger partial charge in [0, 0.05) is 18.3 Å². The van der Waals surface area contributed by atoms with Gasteiger partial charge in [0.25, 0.3) is 0 Å². The van der Waals surface area contributed by atoms with Crippen molar-refractivity contribution in [3.8, 4) is 5.75 Å². The van der Waals surface area contributed by atoms with E-state index in [1.165, 1.54) is 0 Å². The second-order valence-electron chi connectivity index (χ2n) is 5.78. The number of methoxy groups -OCH3 is 1. The highest BCUT2D eigenvalue weighted by Crippen LogP contribution is 2.20. The molecular weight excluding hydrogens is 316 g/mol. The lowest BCUT2D eigenvalue weighted by Crippen LogP contribution is -2.47. The van der Waals surface area contributed by atoms with Crippen LogP contribution in [0.25, 0.3) is 0 Å². The van der Waals surface area contributed by atoms with Crippen LogP contribution in [0.3, 0.4) is 0 Å². The number of carbonyl (C=O) groups is 1. The van der Waals surface area contributed by atoms with Crippen molar-refractivity contribution in [2.45, 2.75) is 32.4 Å². The molecule has 1 aliphatic rings. The monoisotopic (exact) mass is 340 g/mol. The highest BCUT2D eigenvalue weighted by molar-refractivity contribution is 7.91. The molecule has 2 rings (SSSR count). The van der Waals surface area contributed by atoms with Crippen LogP contribution < -0.4 is 10.1 Å². The van der Waals surface area contributed by atoms with Crippen molar-refractivity contribution in [2.24, 2.45) is 0 Å². The predicted octanol–water partition coefficient (Wildman–Crippen LogP) is 1.53. The molecule has 7 heteroatoms. The van der Waals surface area contributed by atoms with Crippen molar-refractivity contribution in [3.63, 3.8) is 0 Å². The molecule has 0 saturated carbocycles. The minimum absolute atomic E-state index is 0.0713. The number of anilines is 1. The summed E-state index contributed by atoms with van der Waals surface area (Å²) in [5.74, 6) is 0.912. The van der Waals surface area contributed by atoms with Gasteiger partial charge in [-0.2, -0.15) is 0 Å².